The molecule has 106 valence electrons. The summed E-state index contributed by atoms with van der Waals surface area (Å²) in [6.45, 7) is 1.42. The molecule has 0 saturated carbocycles. The van der Waals surface area contributed by atoms with Crippen LogP contribution in [-0.4, -0.2) is 27.5 Å². The van der Waals surface area contributed by atoms with Crippen LogP contribution in [0.1, 0.15) is 5.56 Å². The lowest BCUT2D eigenvalue weighted by molar-refractivity contribution is 0.249. The molecule has 0 spiro atoms. The molecule has 0 bridgehead atoms. The van der Waals surface area contributed by atoms with Crippen LogP contribution in [0.25, 0.3) is 0 Å². The van der Waals surface area contributed by atoms with Gasteiger partial charge in [0.2, 0.25) is 10.0 Å². The molecule has 0 saturated heterocycles. The lowest BCUT2D eigenvalue weighted by atomic mass is 10.2. The molecule has 1 aromatic carbocycles. The number of carbonyl (C=O) groups excluding carboxylic acids is 1. The lowest BCUT2D eigenvalue weighted by Crippen LogP contribution is -2.37. The maximum absolute atomic E-state index is 13.3. The fourth-order valence-electron chi connectivity index (χ4n) is 1.37. The van der Waals surface area contributed by atoms with E-state index in [9.17, 15) is 17.6 Å². The van der Waals surface area contributed by atoms with Crippen molar-refractivity contribution in [3.05, 3.63) is 23.5 Å². The van der Waals surface area contributed by atoms with Crippen molar-refractivity contribution in [3.63, 3.8) is 0 Å². The Balaban J connectivity index is 2.80. The van der Waals surface area contributed by atoms with Crippen LogP contribution < -0.4 is 21.5 Å². The number of nitrogens with one attached hydrogen (secondary N) is 2. The molecule has 6 N–H and O–H groups in total. The van der Waals surface area contributed by atoms with Crippen molar-refractivity contribution >= 4 is 21.7 Å². The van der Waals surface area contributed by atoms with Crippen LogP contribution in [-0.2, 0) is 10.0 Å². The van der Waals surface area contributed by atoms with Crippen LogP contribution in [0.3, 0.4) is 0 Å². The largest absolute Gasteiger partial charge is 0.396 e. The number of halogens is 1. The van der Waals surface area contributed by atoms with Crippen LogP contribution in [0.2, 0.25) is 0 Å². The Bertz CT molecular complexity index is 565. The molecular formula is C10H15FN4O3S. The first-order valence-corrected chi connectivity index (χ1v) is 6.81. The quantitative estimate of drug-likeness (QED) is 0.437. The number of urea groups is 1. The molecule has 19 heavy (non-hydrogen) atoms. The Morgan fingerprint density at radius 2 is 2.00 bits per heavy atom. The highest BCUT2D eigenvalue weighted by atomic mass is 32.2. The zero-order valence-electron chi connectivity index (χ0n) is 10.2. The van der Waals surface area contributed by atoms with Gasteiger partial charge in [0.05, 0.1) is 10.6 Å². The monoisotopic (exact) mass is 290 g/mol. The van der Waals surface area contributed by atoms with Gasteiger partial charge in [-0.1, -0.05) is 0 Å². The van der Waals surface area contributed by atoms with Crippen LogP contribution in [0.15, 0.2) is 17.0 Å². The second kappa shape index (κ2) is 5.85. The van der Waals surface area contributed by atoms with Crippen molar-refractivity contribution in [2.45, 2.75) is 11.8 Å². The predicted octanol–water partition coefficient (Wildman–Crippen LogP) is -0.337. The number of anilines is 1. The SMILES string of the molecule is Cc1cc(S(=O)(=O)NCCNC(N)=O)cc(N)c1F. The van der Waals surface area contributed by atoms with E-state index in [0.717, 1.165) is 6.07 Å². The van der Waals surface area contributed by atoms with Gasteiger partial charge in [0.25, 0.3) is 0 Å². The number of benzene rings is 1. The number of nitrogen functional groups attached to an aromatic ring is 1. The van der Waals surface area contributed by atoms with E-state index in [1.165, 1.54) is 13.0 Å². The summed E-state index contributed by atoms with van der Waals surface area (Å²) in [5.74, 6) is -0.644. The van der Waals surface area contributed by atoms with Crippen molar-refractivity contribution in [3.8, 4) is 0 Å². The van der Waals surface area contributed by atoms with Crippen molar-refractivity contribution < 1.29 is 17.6 Å². The van der Waals surface area contributed by atoms with Crippen LogP contribution >= 0.6 is 0 Å². The van der Waals surface area contributed by atoms with Gasteiger partial charge in [-0.3, -0.25) is 0 Å². The standard InChI is InChI=1S/C10H15FN4O3S/c1-6-4-7(5-8(12)9(6)11)19(17,18)15-3-2-14-10(13)16/h4-5,15H,2-3,12H2,1H3,(H3,13,14,16). The molecule has 1 aromatic rings. The number of sulfonamides is 1. The number of hydrogen-bond acceptors (Lipinski definition) is 4. The average molecular weight is 290 g/mol. The number of hydrogen-bond donors (Lipinski definition) is 4. The Hall–Kier alpha value is -1.87. The van der Waals surface area contributed by atoms with Gasteiger partial charge in [-0.15, -0.1) is 0 Å². The first-order chi connectivity index (χ1) is 8.74. The maximum atomic E-state index is 13.3. The Morgan fingerprint density at radius 3 is 2.53 bits per heavy atom. The molecule has 0 aliphatic carbocycles. The minimum atomic E-state index is -3.81. The topological polar surface area (TPSA) is 127 Å². The van der Waals surface area contributed by atoms with Crippen molar-refractivity contribution in [1.29, 1.82) is 0 Å². The van der Waals surface area contributed by atoms with Crippen molar-refractivity contribution in [2.75, 3.05) is 18.8 Å². The van der Waals surface area contributed by atoms with E-state index in [-0.39, 0.29) is 29.2 Å². The van der Waals surface area contributed by atoms with Gasteiger partial charge in [-0.2, -0.15) is 0 Å². The smallest absolute Gasteiger partial charge is 0.312 e. The normalized spacial score (nSPS) is 11.3. The Labute approximate surface area is 110 Å². The second-order valence-electron chi connectivity index (χ2n) is 3.83. The zero-order valence-corrected chi connectivity index (χ0v) is 11.1. The number of primary amides is 1. The van der Waals surface area contributed by atoms with Crippen LogP contribution in [0.4, 0.5) is 14.9 Å². The minimum absolute atomic E-state index is 0.0401. The number of nitrogens with two attached hydrogens (primary N) is 2. The van der Waals surface area contributed by atoms with Gasteiger partial charge < -0.3 is 16.8 Å². The summed E-state index contributed by atoms with van der Waals surface area (Å²) in [6.07, 6.45) is 0. The van der Waals surface area contributed by atoms with Gasteiger partial charge in [0, 0.05) is 13.1 Å². The number of aryl methyl sites for hydroxylation is 1. The van der Waals surface area contributed by atoms with Gasteiger partial charge in [0.15, 0.2) is 0 Å². The first kappa shape index (κ1) is 15.2. The third kappa shape index (κ3) is 4.07. The van der Waals surface area contributed by atoms with E-state index >= 15 is 0 Å². The molecular weight excluding hydrogens is 275 g/mol. The fourth-order valence-corrected chi connectivity index (χ4v) is 2.52. The summed E-state index contributed by atoms with van der Waals surface area (Å²) >= 11 is 0. The third-order valence-electron chi connectivity index (χ3n) is 2.28. The summed E-state index contributed by atoms with van der Waals surface area (Å²) < 4.78 is 39.2. The molecule has 7 nitrogen and oxygen atoms in total. The minimum Gasteiger partial charge on any atom is -0.396 e. The van der Waals surface area contributed by atoms with Crippen molar-refractivity contribution in [2.24, 2.45) is 5.73 Å². The lowest BCUT2D eigenvalue weighted by Gasteiger charge is -2.09. The third-order valence-corrected chi connectivity index (χ3v) is 3.72. The zero-order chi connectivity index (χ0) is 14.6. The highest BCUT2D eigenvalue weighted by molar-refractivity contribution is 7.89. The maximum Gasteiger partial charge on any atom is 0.312 e. The van der Waals surface area contributed by atoms with E-state index in [1.807, 2.05) is 0 Å². The highest BCUT2D eigenvalue weighted by Gasteiger charge is 2.16. The Morgan fingerprint density at radius 1 is 1.37 bits per heavy atom. The highest BCUT2D eigenvalue weighted by Crippen LogP contribution is 2.20. The summed E-state index contributed by atoms with van der Waals surface area (Å²) in [6, 6.07) is 1.46. The number of amides is 2. The molecule has 0 fully saturated rings. The molecule has 0 heterocycles. The van der Waals surface area contributed by atoms with Gasteiger partial charge in [-0.05, 0) is 24.6 Å². The second-order valence-corrected chi connectivity index (χ2v) is 5.60. The van der Waals surface area contributed by atoms with E-state index in [1.54, 1.807) is 0 Å². The average Bonchev–Trinajstić information content (AvgIpc) is 2.31. The molecule has 0 aliphatic heterocycles. The van der Waals surface area contributed by atoms with E-state index in [0.29, 0.717) is 0 Å². The van der Waals surface area contributed by atoms with Gasteiger partial charge >= 0.3 is 6.03 Å². The molecule has 0 unspecified atom stereocenters. The van der Waals surface area contributed by atoms with Crippen molar-refractivity contribution in [1.82, 2.24) is 10.0 Å². The molecule has 0 radical (unpaired) electrons. The van der Waals surface area contributed by atoms with Gasteiger partial charge in [-0.25, -0.2) is 22.3 Å². The van der Waals surface area contributed by atoms with Gasteiger partial charge in [0.1, 0.15) is 5.82 Å². The van der Waals surface area contributed by atoms with E-state index in [4.69, 9.17) is 11.5 Å². The predicted molar refractivity (Wildman–Crippen MR) is 68.3 cm³/mol. The Kier molecular flexibility index (Phi) is 4.67. The number of rotatable bonds is 5. The molecule has 0 aliphatic rings. The fraction of sp³-hybridized carbons (Fsp3) is 0.300. The first-order valence-electron chi connectivity index (χ1n) is 5.32. The summed E-state index contributed by atoms with van der Waals surface area (Å²) in [5.41, 5.74) is 10.1. The van der Waals surface area contributed by atoms with E-state index < -0.39 is 21.9 Å². The molecule has 9 heteroatoms. The number of carbonyl (C=O) groups is 1. The van der Waals surface area contributed by atoms with E-state index in [2.05, 4.69) is 10.0 Å². The molecule has 1 rings (SSSR count). The summed E-state index contributed by atoms with van der Waals surface area (Å²) in [7, 11) is -3.81. The summed E-state index contributed by atoms with van der Waals surface area (Å²) in [5, 5.41) is 2.23. The summed E-state index contributed by atoms with van der Waals surface area (Å²) in [4.78, 5) is 10.3. The molecule has 2 amide bonds. The van der Waals surface area contributed by atoms with Crippen LogP contribution in [0.5, 0.6) is 0 Å². The molecule has 0 aromatic heterocycles. The van der Waals surface area contributed by atoms with Crippen LogP contribution in [0, 0.1) is 12.7 Å². The molecule has 0 atom stereocenters.